The Bertz CT molecular complexity index is 659. The number of aryl methyl sites for hydroxylation is 1. The predicted molar refractivity (Wildman–Crippen MR) is 68.4 cm³/mol. The van der Waals surface area contributed by atoms with E-state index in [-0.39, 0.29) is 13.2 Å². The molecular formula is C10H17N3O5S. The molecule has 8 nitrogen and oxygen atoms in total. The van der Waals surface area contributed by atoms with Crippen LogP contribution in [0.15, 0.2) is 20.7 Å². The van der Waals surface area contributed by atoms with Crippen molar-refractivity contribution in [3.05, 3.63) is 27.0 Å². The zero-order valence-electron chi connectivity index (χ0n) is 10.8. The van der Waals surface area contributed by atoms with Crippen LogP contribution in [-0.4, -0.2) is 35.8 Å². The van der Waals surface area contributed by atoms with Gasteiger partial charge in [0.05, 0.1) is 0 Å². The summed E-state index contributed by atoms with van der Waals surface area (Å²) in [7, 11) is -1.37. The maximum Gasteiger partial charge on any atom is 0.330 e. The third-order valence-electron chi connectivity index (χ3n) is 2.58. The highest BCUT2D eigenvalue weighted by molar-refractivity contribution is 7.89. The van der Waals surface area contributed by atoms with Gasteiger partial charge in [-0.25, -0.2) is 17.9 Å². The second-order valence-corrected chi connectivity index (χ2v) is 5.81. The van der Waals surface area contributed by atoms with Crippen molar-refractivity contribution in [3.63, 3.8) is 0 Å². The van der Waals surface area contributed by atoms with Gasteiger partial charge in [0.2, 0.25) is 10.0 Å². The predicted octanol–water partition coefficient (Wildman–Crippen LogP) is -1.87. The van der Waals surface area contributed by atoms with Crippen LogP contribution in [0.3, 0.4) is 0 Å². The molecule has 1 heterocycles. The van der Waals surface area contributed by atoms with Crippen molar-refractivity contribution in [1.82, 2.24) is 13.9 Å². The van der Waals surface area contributed by atoms with Gasteiger partial charge in [-0.1, -0.05) is 0 Å². The van der Waals surface area contributed by atoms with E-state index in [2.05, 4.69) is 4.72 Å². The van der Waals surface area contributed by atoms with E-state index in [0.717, 1.165) is 15.3 Å². The topological polar surface area (TPSA) is 110 Å². The number of hydrogen-bond donors (Lipinski definition) is 2. The molecule has 1 aromatic heterocycles. The Labute approximate surface area is 110 Å². The Kier molecular flexibility index (Phi) is 5.04. The van der Waals surface area contributed by atoms with Gasteiger partial charge in [0.15, 0.2) is 4.90 Å². The number of aromatic nitrogens is 2. The Hall–Kier alpha value is -1.45. The standard InChI is InChI=1S/C10H17N3O5S/c1-12-7-8(9(15)13(2)10(12)16)19(17,18)11-5-3-4-6-14/h7,11,14H,3-6H2,1-2H3. The molecule has 0 fully saturated rings. The van der Waals surface area contributed by atoms with Crippen molar-refractivity contribution >= 4 is 10.0 Å². The van der Waals surface area contributed by atoms with Crippen LogP contribution in [0.5, 0.6) is 0 Å². The number of aliphatic hydroxyl groups is 1. The quantitative estimate of drug-likeness (QED) is 0.597. The molecule has 9 heteroatoms. The highest BCUT2D eigenvalue weighted by Crippen LogP contribution is 2.00. The van der Waals surface area contributed by atoms with Gasteiger partial charge in [0.25, 0.3) is 5.56 Å². The number of rotatable bonds is 6. The van der Waals surface area contributed by atoms with E-state index in [0.29, 0.717) is 12.8 Å². The van der Waals surface area contributed by atoms with Crippen molar-refractivity contribution < 1.29 is 13.5 Å². The van der Waals surface area contributed by atoms with E-state index in [9.17, 15) is 18.0 Å². The van der Waals surface area contributed by atoms with E-state index in [1.165, 1.54) is 14.1 Å². The number of hydrogen-bond acceptors (Lipinski definition) is 5. The lowest BCUT2D eigenvalue weighted by molar-refractivity contribution is 0.285. The lowest BCUT2D eigenvalue weighted by atomic mass is 10.3. The summed E-state index contributed by atoms with van der Waals surface area (Å²) in [5.41, 5.74) is -1.46. The van der Waals surface area contributed by atoms with E-state index in [4.69, 9.17) is 5.11 Å². The highest BCUT2D eigenvalue weighted by Gasteiger charge is 2.20. The Morgan fingerprint density at radius 1 is 1.26 bits per heavy atom. The normalized spacial score (nSPS) is 11.7. The SMILES string of the molecule is Cn1cc(S(=O)(=O)NCCCCO)c(=O)n(C)c1=O. The molecule has 0 unspecified atom stereocenters. The van der Waals surface area contributed by atoms with Crippen molar-refractivity contribution in [2.24, 2.45) is 14.1 Å². The van der Waals surface area contributed by atoms with Gasteiger partial charge in [0.1, 0.15) is 0 Å². The first-order valence-corrected chi connectivity index (χ1v) is 7.16. The molecule has 0 spiro atoms. The molecule has 19 heavy (non-hydrogen) atoms. The van der Waals surface area contributed by atoms with Crippen LogP contribution in [0.1, 0.15) is 12.8 Å². The monoisotopic (exact) mass is 291 g/mol. The summed E-state index contributed by atoms with van der Waals surface area (Å²) in [6.45, 7) is 0.0955. The van der Waals surface area contributed by atoms with Gasteiger partial charge in [-0.3, -0.25) is 9.36 Å². The molecule has 0 aliphatic heterocycles. The second kappa shape index (κ2) is 6.13. The third-order valence-corrected chi connectivity index (χ3v) is 4.02. The molecule has 0 aliphatic rings. The molecule has 0 aliphatic carbocycles. The molecule has 0 bridgehead atoms. The Morgan fingerprint density at radius 3 is 2.47 bits per heavy atom. The first kappa shape index (κ1) is 15.6. The molecular weight excluding hydrogens is 274 g/mol. The largest absolute Gasteiger partial charge is 0.396 e. The molecule has 0 aromatic carbocycles. The average molecular weight is 291 g/mol. The summed E-state index contributed by atoms with van der Waals surface area (Å²) in [5, 5.41) is 8.59. The third kappa shape index (κ3) is 3.52. The summed E-state index contributed by atoms with van der Waals surface area (Å²) < 4.78 is 27.9. The molecule has 0 amide bonds. The van der Waals surface area contributed by atoms with Crippen LogP contribution >= 0.6 is 0 Å². The van der Waals surface area contributed by atoms with E-state index < -0.39 is 26.2 Å². The van der Waals surface area contributed by atoms with E-state index >= 15 is 0 Å². The minimum Gasteiger partial charge on any atom is -0.396 e. The summed E-state index contributed by atoms with van der Waals surface area (Å²) in [4.78, 5) is 22.7. The maximum absolute atomic E-state index is 11.9. The molecule has 108 valence electrons. The minimum atomic E-state index is -3.96. The van der Waals surface area contributed by atoms with Crippen LogP contribution in [0, 0.1) is 0 Å². The number of sulfonamides is 1. The second-order valence-electron chi connectivity index (χ2n) is 4.08. The number of nitrogens with zero attached hydrogens (tertiary/aromatic N) is 2. The van der Waals surface area contributed by atoms with Gasteiger partial charge in [0, 0.05) is 33.4 Å². The lowest BCUT2D eigenvalue weighted by Crippen LogP contribution is -2.41. The molecule has 0 radical (unpaired) electrons. The summed E-state index contributed by atoms with van der Waals surface area (Å²) in [6.07, 6.45) is 1.93. The molecule has 0 atom stereocenters. The van der Waals surface area contributed by atoms with Gasteiger partial charge in [-0.05, 0) is 12.8 Å². The van der Waals surface area contributed by atoms with Crippen LogP contribution in [0.2, 0.25) is 0 Å². The average Bonchev–Trinajstić information content (AvgIpc) is 2.36. The lowest BCUT2D eigenvalue weighted by Gasteiger charge is -2.08. The fraction of sp³-hybridized carbons (Fsp3) is 0.600. The van der Waals surface area contributed by atoms with Crippen molar-refractivity contribution in [1.29, 1.82) is 0 Å². The molecule has 2 N–H and O–H groups in total. The van der Waals surface area contributed by atoms with E-state index in [1.807, 2.05) is 0 Å². The zero-order valence-corrected chi connectivity index (χ0v) is 11.6. The van der Waals surface area contributed by atoms with Gasteiger partial charge in [-0.15, -0.1) is 0 Å². The van der Waals surface area contributed by atoms with Crippen molar-refractivity contribution in [3.8, 4) is 0 Å². The van der Waals surface area contributed by atoms with Crippen molar-refractivity contribution in [2.45, 2.75) is 17.7 Å². The van der Waals surface area contributed by atoms with Crippen LogP contribution in [-0.2, 0) is 24.1 Å². The number of nitrogens with one attached hydrogen (secondary N) is 1. The smallest absolute Gasteiger partial charge is 0.330 e. The van der Waals surface area contributed by atoms with Gasteiger partial charge in [-0.2, -0.15) is 0 Å². The fourth-order valence-electron chi connectivity index (χ4n) is 1.48. The summed E-state index contributed by atoms with van der Waals surface area (Å²) in [5.74, 6) is 0. The Balaban J connectivity index is 3.09. The molecule has 0 saturated heterocycles. The number of unbranched alkanes of at least 4 members (excludes halogenated alkanes) is 1. The maximum atomic E-state index is 11.9. The summed E-state index contributed by atoms with van der Waals surface area (Å²) in [6, 6.07) is 0. The van der Waals surface area contributed by atoms with E-state index in [1.54, 1.807) is 0 Å². The van der Waals surface area contributed by atoms with Gasteiger partial charge >= 0.3 is 5.69 Å². The molecule has 1 aromatic rings. The van der Waals surface area contributed by atoms with Crippen molar-refractivity contribution in [2.75, 3.05) is 13.2 Å². The molecule has 1 rings (SSSR count). The molecule has 0 saturated carbocycles. The first-order chi connectivity index (χ1) is 8.81. The minimum absolute atomic E-state index is 0.0245. The summed E-state index contributed by atoms with van der Waals surface area (Å²) >= 11 is 0. The van der Waals surface area contributed by atoms with Gasteiger partial charge < -0.3 is 9.67 Å². The zero-order chi connectivity index (χ0) is 14.6. The highest BCUT2D eigenvalue weighted by atomic mass is 32.2. The van der Waals surface area contributed by atoms with Crippen LogP contribution in [0.4, 0.5) is 0 Å². The van der Waals surface area contributed by atoms with Crippen LogP contribution in [0.25, 0.3) is 0 Å². The number of aliphatic hydroxyl groups excluding tert-OH is 1. The van der Waals surface area contributed by atoms with Crippen LogP contribution < -0.4 is 16.0 Å². The fourth-order valence-corrected chi connectivity index (χ4v) is 2.71. The Morgan fingerprint density at radius 2 is 1.89 bits per heavy atom. The first-order valence-electron chi connectivity index (χ1n) is 5.68.